The average molecular weight is 272 g/mol. The zero-order valence-electron chi connectivity index (χ0n) is 12.8. The minimum absolute atomic E-state index is 0.542. The molecule has 0 aromatic carbocycles. The van der Waals surface area contributed by atoms with Gasteiger partial charge in [-0.15, -0.1) is 0 Å². The summed E-state index contributed by atoms with van der Waals surface area (Å²) in [6.45, 7) is 3.25. The van der Waals surface area contributed by atoms with E-state index in [1.807, 2.05) is 12.3 Å². The predicted molar refractivity (Wildman–Crippen MR) is 85.8 cm³/mol. The summed E-state index contributed by atoms with van der Waals surface area (Å²) in [5.41, 5.74) is 2.85. The summed E-state index contributed by atoms with van der Waals surface area (Å²) in [6, 6.07) is 6.75. The number of allylic oxidation sites excluding steroid dienone is 1. The highest BCUT2D eigenvalue weighted by Crippen LogP contribution is 2.22. The van der Waals surface area contributed by atoms with Crippen LogP contribution in [0.5, 0.6) is 0 Å². The lowest BCUT2D eigenvalue weighted by Gasteiger charge is -2.23. The molecule has 1 aromatic heterocycles. The summed E-state index contributed by atoms with van der Waals surface area (Å²) in [6.07, 6.45) is 14.7. The fourth-order valence-corrected chi connectivity index (χ4v) is 3.04. The Morgan fingerprint density at radius 3 is 2.90 bits per heavy atom. The van der Waals surface area contributed by atoms with Crippen LogP contribution in [0.4, 0.5) is 0 Å². The standard InChI is InChI=1S/C18H28N2/c1-2-19-18(14-13-17-12-8-9-15-20-17)16-10-6-4-3-5-7-11-16/h8-10,12,15,18-19H,2-7,11,13-14H2,1H3/b16-10+. The Kier molecular flexibility index (Phi) is 6.79. The van der Waals surface area contributed by atoms with Gasteiger partial charge in [-0.1, -0.05) is 37.5 Å². The van der Waals surface area contributed by atoms with Crippen molar-refractivity contribution in [1.29, 1.82) is 0 Å². The van der Waals surface area contributed by atoms with Gasteiger partial charge in [0, 0.05) is 17.9 Å². The fraction of sp³-hybridized carbons (Fsp3) is 0.611. The molecule has 2 rings (SSSR count). The van der Waals surface area contributed by atoms with Gasteiger partial charge in [-0.3, -0.25) is 4.98 Å². The number of likely N-dealkylation sites (N-methyl/N-ethyl adjacent to an activating group) is 1. The molecule has 0 bridgehead atoms. The van der Waals surface area contributed by atoms with E-state index < -0.39 is 0 Å². The number of rotatable bonds is 6. The Bertz CT molecular complexity index is 397. The topological polar surface area (TPSA) is 24.9 Å². The molecule has 0 saturated heterocycles. The van der Waals surface area contributed by atoms with E-state index in [-0.39, 0.29) is 0 Å². The van der Waals surface area contributed by atoms with Crippen molar-refractivity contribution in [2.75, 3.05) is 6.54 Å². The van der Waals surface area contributed by atoms with Gasteiger partial charge in [-0.25, -0.2) is 0 Å². The normalized spacial score (nSPS) is 20.6. The van der Waals surface area contributed by atoms with Crippen LogP contribution in [0.25, 0.3) is 0 Å². The van der Waals surface area contributed by atoms with Crippen LogP contribution in [0.1, 0.15) is 57.6 Å². The van der Waals surface area contributed by atoms with E-state index in [1.165, 1.54) is 44.2 Å². The lowest BCUT2D eigenvalue weighted by molar-refractivity contribution is 0.511. The van der Waals surface area contributed by atoms with Crippen LogP contribution in [-0.2, 0) is 6.42 Å². The van der Waals surface area contributed by atoms with Crippen molar-refractivity contribution < 1.29 is 0 Å². The lowest BCUT2D eigenvalue weighted by atomic mass is 9.92. The SMILES string of the molecule is CCNC(CCc1ccccn1)/C1=C/CCCCCC1. The van der Waals surface area contributed by atoms with Gasteiger partial charge >= 0.3 is 0 Å². The number of hydrogen-bond acceptors (Lipinski definition) is 2. The molecule has 1 aliphatic rings. The number of nitrogens with zero attached hydrogens (tertiary/aromatic N) is 1. The van der Waals surface area contributed by atoms with Crippen molar-refractivity contribution in [3.05, 3.63) is 41.7 Å². The first-order valence-corrected chi connectivity index (χ1v) is 8.22. The number of pyridine rings is 1. The Labute approximate surface area is 123 Å². The maximum atomic E-state index is 4.44. The molecule has 20 heavy (non-hydrogen) atoms. The summed E-state index contributed by atoms with van der Waals surface area (Å²) in [4.78, 5) is 4.44. The second kappa shape index (κ2) is 8.91. The minimum atomic E-state index is 0.542. The fourth-order valence-electron chi connectivity index (χ4n) is 3.04. The van der Waals surface area contributed by atoms with Gasteiger partial charge in [0.1, 0.15) is 0 Å². The van der Waals surface area contributed by atoms with E-state index in [1.54, 1.807) is 5.57 Å². The lowest BCUT2D eigenvalue weighted by Crippen LogP contribution is -2.31. The summed E-state index contributed by atoms with van der Waals surface area (Å²) >= 11 is 0. The Balaban J connectivity index is 1.94. The molecule has 1 atom stereocenters. The molecule has 1 aromatic rings. The van der Waals surface area contributed by atoms with Gasteiger partial charge in [0.05, 0.1) is 0 Å². The van der Waals surface area contributed by atoms with Crippen molar-refractivity contribution in [3.8, 4) is 0 Å². The van der Waals surface area contributed by atoms with Crippen LogP contribution in [0.15, 0.2) is 36.0 Å². The van der Waals surface area contributed by atoms with Crippen LogP contribution < -0.4 is 5.32 Å². The molecule has 0 aliphatic heterocycles. The predicted octanol–water partition coefficient (Wildman–Crippen LogP) is 4.27. The number of aromatic nitrogens is 1. The molecule has 0 fully saturated rings. The number of hydrogen-bond donors (Lipinski definition) is 1. The summed E-state index contributed by atoms with van der Waals surface area (Å²) in [5.74, 6) is 0. The van der Waals surface area contributed by atoms with Crippen LogP contribution in [0.3, 0.4) is 0 Å². The summed E-state index contributed by atoms with van der Waals surface area (Å²) in [7, 11) is 0. The number of aryl methyl sites for hydroxylation is 1. The molecule has 110 valence electrons. The highest BCUT2D eigenvalue weighted by atomic mass is 14.9. The Morgan fingerprint density at radius 1 is 1.20 bits per heavy atom. The summed E-state index contributed by atoms with van der Waals surface area (Å²) in [5, 5.41) is 3.67. The molecular weight excluding hydrogens is 244 g/mol. The number of nitrogens with one attached hydrogen (secondary N) is 1. The third kappa shape index (κ3) is 5.09. The van der Waals surface area contributed by atoms with Gasteiger partial charge in [0.25, 0.3) is 0 Å². The smallest absolute Gasteiger partial charge is 0.0404 e. The maximum absolute atomic E-state index is 4.44. The zero-order chi connectivity index (χ0) is 14.0. The van der Waals surface area contributed by atoms with Crippen molar-refractivity contribution in [2.24, 2.45) is 0 Å². The molecule has 2 nitrogen and oxygen atoms in total. The molecule has 1 heterocycles. The monoisotopic (exact) mass is 272 g/mol. The highest BCUT2D eigenvalue weighted by molar-refractivity contribution is 5.13. The highest BCUT2D eigenvalue weighted by Gasteiger charge is 2.14. The second-order valence-corrected chi connectivity index (χ2v) is 5.70. The van der Waals surface area contributed by atoms with Gasteiger partial charge in [-0.05, 0) is 57.2 Å². The zero-order valence-corrected chi connectivity index (χ0v) is 12.8. The van der Waals surface area contributed by atoms with Crippen LogP contribution in [-0.4, -0.2) is 17.6 Å². The van der Waals surface area contributed by atoms with E-state index in [0.717, 1.165) is 19.4 Å². The molecular formula is C18H28N2. The Morgan fingerprint density at radius 2 is 2.10 bits per heavy atom. The quantitative estimate of drug-likeness (QED) is 0.782. The third-order valence-electron chi connectivity index (χ3n) is 4.14. The van der Waals surface area contributed by atoms with Crippen molar-refractivity contribution >= 4 is 0 Å². The van der Waals surface area contributed by atoms with Crippen molar-refractivity contribution in [1.82, 2.24) is 10.3 Å². The van der Waals surface area contributed by atoms with E-state index in [2.05, 4.69) is 35.4 Å². The minimum Gasteiger partial charge on any atom is -0.311 e. The first kappa shape index (κ1) is 15.2. The molecule has 1 N–H and O–H groups in total. The largest absolute Gasteiger partial charge is 0.311 e. The molecule has 2 heteroatoms. The van der Waals surface area contributed by atoms with Crippen molar-refractivity contribution in [3.63, 3.8) is 0 Å². The van der Waals surface area contributed by atoms with Gasteiger partial charge < -0.3 is 5.32 Å². The first-order valence-electron chi connectivity index (χ1n) is 8.22. The second-order valence-electron chi connectivity index (χ2n) is 5.70. The van der Waals surface area contributed by atoms with Crippen LogP contribution in [0.2, 0.25) is 0 Å². The average Bonchev–Trinajstić information content (AvgIpc) is 2.45. The molecule has 0 amide bonds. The molecule has 0 saturated carbocycles. The van der Waals surface area contributed by atoms with Gasteiger partial charge in [0.15, 0.2) is 0 Å². The van der Waals surface area contributed by atoms with E-state index >= 15 is 0 Å². The molecule has 0 radical (unpaired) electrons. The van der Waals surface area contributed by atoms with Gasteiger partial charge in [-0.2, -0.15) is 0 Å². The first-order chi connectivity index (χ1) is 9.90. The molecule has 1 aliphatic carbocycles. The molecule has 0 spiro atoms. The van der Waals surface area contributed by atoms with Crippen LogP contribution in [0, 0.1) is 0 Å². The van der Waals surface area contributed by atoms with Crippen LogP contribution >= 0.6 is 0 Å². The maximum Gasteiger partial charge on any atom is 0.0404 e. The molecule has 1 unspecified atom stereocenters. The van der Waals surface area contributed by atoms with E-state index in [4.69, 9.17) is 0 Å². The Hall–Kier alpha value is -1.15. The van der Waals surface area contributed by atoms with E-state index in [9.17, 15) is 0 Å². The summed E-state index contributed by atoms with van der Waals surface area (Å²) < 4.78 is 0. The van der Waals surface area contributed by atoms with Crippen molar-refractivity contribution in [2.45, 2.75) is 64.3 Å². The van der Waals surface area contributed by atoms with Gasteiger partial charge in [0.2, 0.25) is 0 Å². The third-order valence-corrected chi connectivity index (χ3v) is 4.14. The van der Waals surface area contributed by atoms with E-state index in [0.29, 0.717) is 6.04 Å².